The van der Waals surface area contributed by atoms with E-state index in [0.29, 0.717) is 18.7 Å². The van der Waals surface area contributed by atoms with Crippen molar-refractivity contribution in [2.45, 2.75) is 56.4 Å². The van der Waals surface area contributed by atoms with Crippen molar-refractivity contribution in [2.24, 2.45) is 0 Å². The molecule has 0 aromatic heterocycles. The highest BCUT2D eigenvalue weighted by molar-refractivity contribution is 6.02. The summed E-state index contributed by atoms with van der Waals surface area (Å²) >= 11 is 0. The van der Waals surface area contributed by atoms with Crippen molar-refractivity contribution in [3.63, 3.8) is 0 Å². The van der Waals surface area contributed by atoms with Crippen LogP contribution in [0.15, 0.2) is 24.3 Å². The molecule has 0 bridgehead atoms. The van der Waals surface area contributed by atoms with Gasteiger partial charge < -0.3 is 14.5 Å². The van der Waals surface area contributed by atoms with Crippen LogP contribution in [0.25, 0.3) is 0 Å². The largest absolute Gasteiger partial charge is 0.383 e. The van der Waals surface area contributed by atoms with E-state index >= 15 is 0 Å². The van der Waals surface area contributed by atoms with E-state index in [1.165, 1.54) is 6.42 Å². The number of carbonyl (C=O) groups is 2. The molecule has 1 saturated carbocycles. The lowest BCUT2D eigenvalue weighted by Crippen LogP contribution is -2.63. The first-order chi connectivity index (χ1) is 13.2. The zero-order chi connectivity index (χ0) is 18.9. The fourth-order valence-electron chi connectivity index (χ4n) is 5.45. The molecule has 1 spiro atoms. The molecule has 3 aliphatic rings. The van der Waals surface area contributed by atoms with E-state index in [1.807, 2.05) is 34.1 Å². The highest BCUT2D eigenvalue weighted by Gasteiger charge is 2.55. The average molecular weight is 370 g/mol. The Labute approximate surface area is 161 Å². The minimum Gasteiger partial charge on any atom is -0.383 e. The number of carbonyl (C=O) groups excluding carboxylic acids is 2. The molecule has 5 heteroatoms. The lowest BCUT2D eigenvalue weighted by Gasteiger charge is -2.54. The monoisotopic (exact) mass is 370 g/mol. The Hall–Kier alpha value is -1.88. The Kier molecular flexibility index (Phi) is 5.22. The van der Waals surface area contributed by atoms with Crippen molar-refractivity contribution in [1.82, 2.24) is 9.80 Å². The van der Waals surface area contributed by atoms with Crippen LogP contribution in [0, 0.1) is 0 Å². The normalized spacial score (nSPS) is 24.3. The minimum atomic E-state index is -0.401. The number of fused-ring (bicyclic) bond motifs is 1. The molecule has 27 heavy (non-hydrogen) atoms. The fourth-order valence-corrected chi connectivity index (χ4v) is 5.45. The van der Waals surface area contributed by atoms with Crippen molar-refractivity contribution in [1.29, 1.82) is 0 Å². The zero-order valence-corrected chi connectivity index (χ0v) is 16.3. The topological polar surface area (TPSA) is 49.9 Å². The predicted octanol–water partition coefficient (Wildman–Crippen LogP) is 3.20. The van der Waals surface area contributed by atoms with Crippen LogP contribution < -0.4 is 0 Å². The smallest absolute Gasteiger partial charge is 0.254 e. The Balaban J connectivity index is 1.83. The quantitative estimate of drug-likeness (QED) is 0.818. The Bertz CT molecular complexity index is 705. The molecule has 0 radical (unpaired) electrons. The van der Waals surface area contributed by atoms with Gasteiger partial charge in [0.05, 0.1) is 18.1 Å². The molecule has 2 amide bonds. The number of amides is 2. The van der Waals surface area contributed by atoms with E-state index in [9.17, 15) is 9.59 Å². The lowest BCUT2D eigenvalue weighted by atomic mass is 9.65. The minimum absolute atomic E-state index is 0.0648. The number of methoxy groups -OCH3 is 1. The number of rotatable bonds is 4. The van der Waals surface area contributed by atoms with Gasteiger partial charge in [0.1, 0.15) is 0 Å². The molecule has 5 nitrogen and oxygen atoms in total. The van der Waals surface area contributed by atoms with E-state index < -0.39 is 5.54 Å². The van der Waals surface area contributed by atoms with Gasteiger partial charge in [0.2, 0.25) is 5.91 Å². The Morgan fingerprint density at radius 3 is 2.52 bits per heavy atom. The molecule has 1 aromatic rings. The van der Waals surface area contributed by atoms with Gasteiger partial charge in [0.25, 0.3) is 5.91 Å². The molecule has 1 aromatic carbocycles. The molecule has 4 rings (SSSR count). The summed E-state index contributed by atoms with van der Waals surface area (Å²) in [6.45, 7) is 2.74. The number of nitrogens with zero attached hydrogens (tertiary/aromatic N) is 2. The van der Waals surface area contributed by atoms with Crippen LogP contribution in [0.5, 0.6) is 0 Å². The number of ether oxygens (including phenoxy) is 1. The fraction of sp³-hybridized carbons (Fsp3) is 0.636. The third-order valence-electron chi connectivity index (χ3n) is 6.73. The SMILES string of the molecule is COCCN1C(=O)c2ccccc2[C@@H](C(=O)N2CCCC2)C12CCCCC2. The van der Waals surface area contributed by atoms with Crippen LogP contribution in [-0.2, 0) is 9.53 Å². The molecule has 1 aliphatic carbocycles. The third-order valence-corrected chi connectivity index (χ3v) is 6.73. The van der Waals surface area contributed by atoms with Crippen LogP contribution in [0.4, 0.5) is 0 Å². The second-order valence-electron chi connectivity index (χ2n) is 8.17. The van der Waals surface area contributed by atoms with Crippen LogP contribution >= 0.6 is 0 Å². The van der Waals surface area contributed by atoms with Gasteiger partial charge in [-0.2, -0.15) is 0 Å². The molecule has 2 heterocycles. The summed E-state index contributed by atoms with van der Waals surface area (Å²) in [5, 5.41) is 0. The summed E-state index contributed by atoms with van der Waals surface area (Å²) in [7, 11) is 1.67. The van der Waals surface area contributed by atoms with Crippen molar-refractivity contribution in [3.8, 4) is 0 Å². The number of hydrogen-bond acceptors (Lipinski definition) is 3. The van der Waals surface area contributed by atoms with Gasteiger partial charge in [-0.3, -0.25) is 9.59 Å². The molecule has 1 saturated heterocycles. The van der Waals surface area contributed by atoms with Gasteiger partial charge in [-0.25, -0.2) is 0 Å². The van der Waals surface area contributed by atoms with E-state index in [-0.39, 0.29) is 17.7 Å². The molecule has 0 unspecified atom stereocenters. The number of hydrogen-bond donors (Lipinski definition) is 0. The maximum atomic E-state index is 13.7. The summed E-state index contributed by atoms with van der Waals surface area (Å²) in [6, 6.07) is 7.77. The third kappa shape index (κ3) is 3.06. The highest BCUT2D eigenvalue weighted by Crippen LogP contribution is 2.49. The second kappa shape index (κ2) is 7.63. The van der Waals surface area contributed by atoms with Crippen LogP contribution in [0.2, 0.25) is 0 Å². The number of likely N-dealkylation sites (tertiary alicyclic amines) is 1. The average Bonchev–Trinajstić information content (AvgIpc) is 3.23. The Morgan fingerprint density at radius 1 is 1.11 bits per heavy atom. The maximum Gasteiger partial charge on any atom is 0.254 e. The van der Waals surface area contributed by atoms with Gasteiger partial charge in [0, 0.05) is 32.3 Å². The van der Waals surface area contributed by atoms with Crippen LogP contribution in [0.1, 0.15) is 66.8 Å². The highest BCUT2D eigenvalue weighted by atomic mass is 16.5. The molecular formula is C22H30N2O3. The van der Waals surface area contributed by atoms with E-state index in [2.05, 4.69) is 0 Å². The second-order valence-corrected chi connectivity index (χ2v) is 8.17. The predicted molar refractivity (Wildman–Crippen MR) is 104 cm³/mol. The molecule has 0 N–H and O–H groups in total. The molecule has 146 valence electrons. The summed E-state index contributed by atoms with van der Waals surface area (Å²) in [4.78, 5) is 31.2. The van der Waals surface area contributed by atoms with Crippen molar-refractivity contribution < 1.29 is 14.3 Å². The van der Waals surface area contributed by atoms with Gasteiger partial charge in [0.15, 0.2) is 0 Å². The van der Waals surface area contributed by atoms with Gasteiger partial charge in [-0.15, -0.1) is 0 Å². The summed E-state index contributed by atoms with van der Waals surface area (Å²) in [6.07, 6.45) is 7.30. The number of benzene rings is 1. The first-order valence-corrected chi connectivity index (χ1v) is 10.4. The van der Waals surface area contributed by atoms with Crippen molar-refractivity contribution >= 4 is 11.8 Å². The lowest BCUT2D eigenvalue weighted by molar-refractivity contribution is -0.137. The Morgan fingerprint density at radius 2 is 1.81 bits per heavy atom. The molecule has 1 atom stereocenters. The van der Waals surface area contributed by atoms with E-state index in [0.717, 1.165) is 57.2 Å². The summed E-state index contributed by atoms with van der Waals surface area (Å²) in [5.74, 6) is 0.0356. The molecular weight excluding hydrogens is 340 g/mol. The van der Waals surface area contributed by atoms with Crippen LogP contribution in [-0.4, -0.2) is 60.5 Å². The summed E-state index contributed by atoms with van der Waals surface area (Å²) in [5.41, 5.74) is 1.24. The maximum absolute atomic E-state index is 13.7. The van der Waals surface area contributed by atoms with Crippen molar-refractivity contribution in [3.05, 3.63) is 35.4 Å². The van der Waals surface area contributed by atoms with Crippen molar-refractivity contribution in [2.75, 3.05) is 33.4 Å². The molecule has 2 aliphatic heterocycles. The van der Waals surface area contributed by atoms with Crippen LogP contribution in [0.3, 0.4) is 0 Å². The zero-order valence-electron chi connectivity index (χ0n) is 16.3. The standard InChI is InChI=1S/C22H30N2O3/c1-27-16-15-24-20(25)18-10-4-3-9-17(18)19(21(26)23-13-7-8-14-23)22(24)11-5-2-6-12-22/h3-4,9-10,19H,2,5-8,11-16H2,1H3/t19-/m0/s1. The van der Waals surface area contributed by atoms with Gasteiger partial charge in [-0.05, 0) is 37.3 Å². The van der Waals surface area contributed by atoms with E-state index in [1.54, 1.807) is 7.11 Å². The molecule has 2 fully saturated rings. The van der Waals surface area contributed by atoms with Gasteiger partial charge in [-0.1, -0.05) is 37.5 Å². The van der Waals surface area contributed by atoms with Gasteiger partial charge >= 0.3 is 0 Å². The van der Waals surface area contributed by atoms with E-state index in [4.69, 9.17) is 4.74 Å². The summed E-state index contributed by atoms with van der Waals surface area (Å²) < 4.78 is 5.32. The first kappa shape index (κ1) is 18.5. The first-order valence-electron chi connectivity index (χ1n) is 10.4.